The zero-order valence-corrected chi connectivity index (χ0v) is 14.3. The number of piperidine rings is 1. The molecule has 128 valence electrons. The van der Waals surface area contributed by atoms with Crippen molar-refractivity contribution in [3.05, 3.63) is 35.9 Å². The van der Waals surface area contributed by atoms with Crippen LogP contribution in [0, 0.1) is 5.92 Å². The van der Waals surface area contributed by atoms with Crippen molar-refractivity contribution in [2.75, 3.05) is 32.4 Å². The van der Waals surface area contributed by atoms with Crippen LogP contribution in [0.4, 0.5) is 0 Å². The van der Waals surface area contributed by atoms with Crippen LogP contribution in [-0.2, 0) is 21.4 Å². The molecule has 2 N–H and O–H groups in total. The van der Waals surface area contributed by atoms with E-state index in [9.17, 15) is 13.2 Å². The molecule has 1 aromatic carbocycles. The van der Waals surface area contributed by atoms with Gasteiger partial charge in [-0.25, -0.2) is 13.6 Å². The number of primary sulfonamides is 1. The number of carbonyl (C=O) groups is 1. The number of nitrogens with zero attached hydrogens (tertiary/aromatic N) is 2. The number of nitrogens with two attached hydrogens (primary N) is 1. The van der Waals surface area contributed by atoms with E-state index in [4.69, 9.17) is 5.14 Å². The lowest BCUT2D eigenvalue weighted by Gasteiger charge is -2.32. The Morgan fingerprint density at radius 3 is 2.43 bits per heavy atom. The van der Waals surface area contributed by atoms with Crippen molar-refractivity contribution in [2.45, 2.75) is 19.4 Å². The fourth-order valence-corrected chi connectivity index (χ4v) is 3.95. The van der Waals surface area contributed by atoms with Crippen LogP contribution < -0.4 is 5.14 Å². The zero-order chi connectivity index (χ0) is 16.9. The second-order valence-electron chi connectivity index (χ2n) is 6.31. The quantitative estimate of drug-likeness (QED) is 0.825. The van der Waals surface area contributed by atoms with Gasteiger partial charge in [0.2, 0.25) is 15.9 Å². The molecule has 0 atom stereocenters. The van der Waals surface area contributed by atoms with Gasteiger partial charge in [0.15, 0.2) is 0 Å². The number of hydrogen-bond acceptors (Lipinski definition) is 4. The van der Waals surface area contributed by atoms with Gasteiger partial charge >= 0.3 is 0 Å². The maximum absolute atomic E-state index is 12.3. The van der Waals surface area contributed by atoms with E-state index >= 15 is 0 Å². The molecule has 1 aliphatic rings. The van der Waals surface area contributed by atoms with Gasteiger partial charge in [-0.2, -0.15) is 0 Å². The van der Waals surface area contributed by atoms with Gasteiger partial charge in [0, 0.05) is 19.6 Å². The summed E-state index contributed by atoms with van der Waals surface area (Å²) in [5, 5.41) is 5.08. The lowest BCUT2D eigenvalue weighted by Crippen LogP contribution is -2.44. The Hall–Kier alpha value is -1.44. The SMILES string of the molecule is CN(CC(=O)N1CCC(CS(N)(=O)=O)CC1)Cc1ccccc1. The second-order valence-corrected chi connectivity index (χ2v) is 7.97. The van der Waals surface area contributed by atoms with E-state index in [0.29, 0.717) is 32.5 Å². The molecular weight excluding hydrogens is 314 g/mol. The van der Waals surface area contributed by atoms with Crippen LogP contribution >= 0.6 is 0 Å². The molecule has 0 unspecified atom stereocenters. The van der Waals surface area contributed by atoms with Crippen LogP contribution in [0.5, 0.6) is 0 Å². The first-order chi connectivity index (χ1) is 10.8. The van der Waals surface area contributed by atoms with Gasteiger partial charge in [0.1, 0.15) is 0 Å². The number of carbonyl (C=O) groups excluding carboxylic acids is 1. The third-order valence-electron chi connectivity index (χ3n) is 4.14. The predicted molar refractivity (Wildman–Crippen MR) is 90.1 cm³/mol. The average molecular weight is 339 g/mol. The third-order valence-corrected chi connectivity index (χ3v) is 5.07. The normalized spacial score (nSPS) is 16.7. The molecule has 7 heteroatoms. The molecule has 6 nitrogen and oxygen atoms in total. The van der Waals surface area contributed by atoms with Crippen LogP contribution in [0.1, 0.15) is 18.4 Å². The van der Waals surface area contributed by atoms with E-state index in [2.05, 4.69) is 0 Å². The van der Waals surface area contributed by atoms with Gasteiger partial charge in [-0.3, -0.25) is 9.69 Å². The lowest BCUT2D eigenvalue weighted by atomic mass is 9.99. The molecule has 0 spiro atoms. The van der Waals surface area contributed by atoms with Crippen LogP contribution in [0.15, 0.2) is 30.3 Å². The van der Waals surface area contributed by atoms with E-state index in [1.165, 1.54) is 5.56 Å². The molecule has 2 rings (SSSR count). The Balaban J connectivity index is 1.76. The number of likely N-dealkylation sites (tertiary alicyclic amines) is 1. The molecular formula is C16H25N3O3S. The molecule has 1 aliphatic heterocycles. The van der Waals surface area contributed by atoms with Gasteiger partial charge in [-0.05, 0) is 31.4 Å². The summed E-state index contributed by atoms with van der Waals surface area (Å²) in [4.78, 5) is 16.1. The van der Waals surface area contributed by atoms with Crippen LogP contribution in [0.25, 0.3) is 0 Å². The van der Waals surface area contributed by atoms with E-state index in [-0.39, 0.29) is 17.6 Å². The minimum absolute atomic E-state index is 0.0168. The van der Waals surface area contributed by atoms with E-state index < -0.39 is 10.0 Å². The Kier molecular flexibility index (Phi) is 6.15. The summed E-state index contributed by atoms with van der Waals surface area (Å²) in [7, 11) is -1.50. The summed E-state index contributed by atoms with van der Waals surface area (Å²) in [6.07, 6.45) is 1.40. The van der Waals surface area contributed by atoms with Crippen molar-refractivity contribution >= 4 is 15.9 Å². The maximum Gasteiger partial charge on any atom is 0.236 e. The van der Waals surface area contributed by atoms with Crippen LogP contribution in [0.3, 0.4) is 0 Å². The minimum Gasteiger partial charge on any atom is -0.342 e. The van der Waals surface area contributed by atoms with Crippen molar-refractivity contribution in [1.82, 2.24) is 9.80 Å². The van der Waals surface area contributed by atoms with Crippen molar-refractivity contribution < 1.29 is 13.2 Å². The maximum atomic E-state index is 12.3. The molecule has 0 radical (unpaired) electrons. The van der Waals surface area contributed by atoms with Crippen molar-refractivity contribution in [3.63, 3.8) is 0 Å². The molecule has 0 saturated carbocycles. The smallest absolute Gasteiger partial charge is 0.236 e. The summed E-state index contributed by atoms with van der Waals surface area (Å²) in [5.74, 6) is 0.178. The molecule has 1 saturated heterocycles. The monoisotopic (exact) mass is 339 g/mol. The van der Waals surface area contributed by atoms with E-state index in [1.807, 2.05) is 47.2 Å². The summed E-state index contributed by atoms with van der Waals surface area (Å²) in [6.45, 7) is 2.32. The molecule has 1 amide bonds. The molecule has 0 bridgehead atoms. The van der Waals surface area contributed by atoms with Gasteiger partial charge in [0.05, 0.1) is 12.3 Å². The third kappa shape index (κ3) is 6.29. The lowest BCUT2D eigenvalue weighted by molar-refractivity contribution is -0.133. The van der Waals surface area contributed by atoms with Crippen molar-refractivity contribution in [3.8, 4) is 0 Å². The molecule has 1 aromatic rings. The zero-order valence-electron chi connectivity index (χ0n) is 13.5. The highest BCUT2D eigenvalue weighted by Gasteiger charge is 2.25. The first-order valence-corrected chi connectivity index (χ1v) is 9.56. The van der Waals surface area contributed by atoms with E-state index in [0.717, 1.165) is 6.54 Å². The predicted octanol–water partition coefficient (Wildman–Crippen LogP) is 0.646. The number of sulfonamides is 1. The van der Waals surface area contributed by atoms with Crippen LogP contribution in [-0.4, -0.2) is 56.6 Å². The van der Waals surface area contributed by atoms with Gasteiger partial charge < -0.3 is 4.90 Å². The number of amides is 1. The largest absolute Gasteiger partial charge is 0.342 e. The first kappa shape index (κ1) is 17.9. The second kappa shape index (κ2) is 7.90. The highest BCUT2D eigenvalue weighted by atomic mass is 32.2. The number of rotatable bonds is 6. The fraction of sp³-hybridized carbons (Fsp3) is 0.562. The van der Waals surface area contributed by atoms with Gasteiger partial charge in [0.25, 0.3) is 0 Å². The Labute approximate surface area is 138 Å². The molecule has 0 aromatic heterocycles. The van der Waals surface area contributed by atoms with Crippen LogP contribution in [0.2, 0.25) is 0 Å². The molecule has 1 heterocycles. The summed E-state index contributed by atoms with van der Waals surface area (Å²) < 4.78 is 22.2. The Morgan fingerprint density at radius 2 is 1.87 bits per heavy atom. The number of benzene rings is 1. The Bertz CT molecular complexity index is 611. The number of likely N-dealkylation sites (N-methyl/N-ethyl adjacent to an activating group) is 1. The summed E-state index contributed by atoms with van der Waals surface area (Å²) in [6, 6.07) is 10.0. The Morgan fingerprint density at radius 1 is 1.26 bits per heavy atom. The fourth-order valence-electron chi connectivity index (χ4n) is 2.96. The highest BCUT2D eigenvalue weighted by Crippen LogP contribution is 2.18. The standard InChI is InChI=1S/C16H25N3O3S/c1-18(11-14-5-3-2-4-6-14)12-16(20)19-9-7-15(8-10-19)13-23(17,21)22/h2-6,15H,7-13H2,1H3,(H2,17,21,22). The average Bonchev–Trinajstić information content (AvgIpc) is 2.47. The summed E-state index contributed by atoms with van der Waals surface area (Å²) in [5.41, 5.74) is 1.18. The number of hydrogen-bond donors (Lipinski definition) is 1. The molecule has 0 aliphatic carbocycles. The topological polar surface area (TPSA) is 83.7 Å². The van der Waals surface area contributed by atoms with Crippen molar-refractivity contribution in [2.24, 2.45) is 11.1 Å². The highest BCUT2D eigenvalue weighted by molar-refractivity contribution is 7.89. The summed E-state index contributed by atoms with van der Waals surface area (Å²) >= 11 is 0. The van der Waals surface area contributed by atoms with Crippen molar-refractivity contribution in [1.29, 1.82) is 0 Å². The van der Waals surface area contributed by atoms with Gasteiger partial charge in [-0.1, -0.05) is 30.3 Å². The van der Waals surface area contributed by atoms with E-state index in [1.54, 1.807) is 0 Å². The molecule has 1 fully saturated rings. The van der Waals surface area contributed by atoms with Gasteiger partial charge in [-0.15, -0.1) is 0 Å². The minimum atomic E-state index is -3.43. The first-order valence-electron chi connectivity index (χ1n) is 7.84. The molecule has 23 heavy (non-hydrogen) atoms.